The molecule has 0 amide bonds. The van der Waals surface area contributed by atoms with E-state index in [-0.39, 0.29) is 0 Å². The Bertz CT molecular complexity index is 781. The number of carbonyl (C=O) groups excluding carboxylic acids is 1. The topological polar surface area (TPSA) is 17.1 Å². The van der Waals surface area contributed by atoms with Crippen LogP contribution in [-0.4, -0.2) is 5.94 Å². The van der Waals surface area contributed by atoms with Crippen LogP contribution in [0.3, 0.4) is 0 Å². The van der Waals surface area contributed by atoms with Gasteiger partial charge in [0, 0.05) is 6.08 Å². The van der Waals surface area contributed by atoms with E-state index in [2.05, 4.69) is 24.3 Å². The Labute approximate surface area is 118 Å². The second-order valence-corrected chi connectivity index (χ2v) is 4.78. The van der Waals surface area contributed by atoms with Gasteiger partial charge in [-0.05, 0) is 33.9 Å². The fourth-order valence-corrected chi connectivity index (χ4v) is 2.55. The van der Waals surface area contributed by atoms with Gasteiger partial charge in [0.2, 0.25) is 0 Å². The molecule has 0 N–H and O–H groups in total. The van der Waals surface area contributed by atoms with Crippen LogP contribution < -0.4 is 0 Å². The van der Waals surface area contributed by atoms with Crippen LogP contribution in [0.25, 0.3) is 16.8 Å². The van der Waals surface area contributed by atoms with Crippen LogP contribution in [0.15, 0.2) is 66.7 Å². The summed E-state index contributed by atoms with van der Waals surface area (Å²) in [4.78, 5) is 10.7. The Kier molecular flexibility index (Phi) is 3.45. The van der Waals surface area contributed by atoms with Crippen LogP contribution in [0.1, 0.15) is 16.7 Å². The van der Waals surface area contributed by atoms with E-state index in [9.17, 15) is 4.79 Å². The van der Waals surface area contributed by atoms with Crippen molar-refractivity contribution in [3.8, 4) is 0 Å². The highest BCUT2D eigenvalue weighted by molar-refractivity contribution is 5.91. The van der Waals surface area contributed by atoms with Gasteiger partial charge < -0.3 is 0 Å². The van der Waals surface area contributed by atoms with Gasteiger partial charge in [0.05, 0.1) is 0 Å². The summed E-state index contributed by atoms with van der Waals surface area (Å²) in [5, 5.41) is 2.39. The molecule has 3 aromatic rings. The minimum atomic E-state index is 0.815. The average molecular weight is 258 g/mol. The van der Waals surface area contributed by atoms with Gasteiger partial charge in [0.15, 0.2) is 0 Å². The quantitative estimate of drug-likeness (QED) is 0.641. The highest BCUT2D eigenvalue weighted by Gasteiger charge is 2.07. The van der Waals surface area contributed by atoms with E-state index >= 15 is 0 Å². The number of benzene rings is 3. The van der Waals surface area contributed by atoms with Crippen molar-refractivity contribution < 1.29 is 4.79 Å². The lowest BCUT2D eigenvalue weighted by Crippen LogP contribution is -1.94. The summed E-state index contributed by atoms with van der Waals surface area (Å²) in [6.07, 6.45) is 2.33. The summed E-state index contributed by atoms with van der Waals surface area (Å²) in [7, 11) is 0. The minimum absolute atomic E-state index is 0.815. The van der Waals surface area contributed by atoms with E-state index in [1.54, 1.807) is 0 Å². The monoisotopic (exact) mass is 258 g/mol. The summed E-state index contributed by atoms with van der Waals surface area (Å²) in [5.41, 5.74) is 3.37. The van der Waals surface area contributed by atoms with Gasteiger partial charge in [-0.2, -0.15) is 0 Å². The van der Waals surface area contributed by atoms with Gasteiger partial charge in [-0.15, -0.1) is 0 Å². The molecule has 0 fully saturated rings. The molecule has 0 aromatic heterocycles. The molecular formula is C19H14O. The van der Waals surface area contributed by atoms with Crippen LogP contribution >= 0.6 is 0 Å². The van der Waals surface area contributed by atoms with Gasteiger partial charge in [-0.1, -0.05) is 66.7 Å². The standard InChI is InChI=1S/C19H14O/c20-13-12-17-11-10-16-8-4-5-9-18(16)19(17)14-15-6-2-1-3-7-15/h1-12H,14H2. The van der Waals surface area contributed by atoms with Gasteiger partial charge in [0.1, 0.15) is 5.94 Å². The lowest BCUT2D eigenvalue weighted by Gasteiger charge is -2.10. The first-order valence-corrected chi connectivity index (χ1v) is 6.64. The maximum absolute atomic E-state index is 10.7. The molecule has 0 heterocycles. The number of hydrogen-bond acceptors (Lipinski definition) is 1. The Morgan fingerprint density at radius 3 is 2.40 bits per heavy atom. The molecule has 0 saturated heterocycles. The zero-order chi connectivity index (χ0) is 13.8. The molecule has 0 aliphatic heterocycles. The van der Waals surface area contributed by atoms with E-state index in [1.165, 1.54) is 28.0 Å². The zero-order valence-corrected chi connectivity index (χ0v) is 11.0. The van der Waals surface area contributed by atoms with Crippen molar-refractivity contribution in [1.29, 1.82) is 0 Å². The molecule has 0 spiro atoms. The lowest BCUT2D eigenvalue weighted by molar-refractivity contribution is 0.570. The molecule has 0 bridgehead atoms. The third-order valence-electron chi connectivity index (χ3n) is 3.51. The van der Waals surface area contributed by atoms with Crippen LogP contribution in [0.4, 0.5) is 0 Å². The molecular weight excluding hydrogens is 244 g/mol. The van der Waals surface area contributed by atoms with Crippen LogP contribution in [0.2, 0.25) is 0 Å². The largest absolute Gasteiger partial charge is 0.233 e. The van der Waals surface area contributed by atoms with Crippen molar-refractivity contribution in [1.82, 2.24) is 0 Å². The molecule has 0 unspecified atom stereocenters. The van der Waals surface area contributed by atoms with Crippen molar-refractivity contribution in [2.24, 2.45) is 0 Å². The fraction of sp³-hybridized carbons (Fsp3) is 0.0526. The number of hydrogen-bond donors (Lipinski definition) is 0. The maximum Gasteiger partial charge on any atom is 0.125 e. The molecule has 0 radical (unpaired) electrons. The predicted molar refractivity (Wildman–Crippen MR) is 83.4 cm³/mol. The Morgan fingerprint density at radius 1 is 0.850 bits per heavy atom. The lowest BCUT2D eigenvalue weighted by atomic mass is 9.94. The Balaban J connectivity index is 2.19. The second kappa shape index (κ2) is 5.56. The maximum atomic E-state index is 10.7. The smallest absolute Gasteiger partial charge is 0.125 e. The molecule has 0 aliphatic rings. The molecule has 0 atom stereocenters. The molecule has 3 rings (SSSR count). The van der Waals surface area contributed by atoms with Gasteiger partial charge >= 0.3 is 0 Å². The average Bonchev–Trinajstić information content (AvgIpc) is 2.51. The molecule has 96 valence electrons. The van der Waals surface area contributed by atoms with Crippen LogP contribution in [0, 0.1) is 0 Å². The third kappa shape index (κ3) is 2.40. The van der Waals surface area contributed by atoms with Crippen LogP contribution in [0.5, 0.6) is 0 Å². The summed E-state index contributed by atoms with van der Waals surface area (Å²) < 4.78 is 0. The molecule has 0 saturated carbocycles. The van der Waals surface area contributed by atoms with Crippen molar-refractivity contribution >= 4 is 22.8 Å². The van der Waals surface area contributed by atoms with Gasteiger partial charge in [-0.3, -0.25) is 0 Å². The first-order valence-electron chi connectivity index (χ1n) is 6.64. The minimum Gasteiger partial charge on any atom is -0.233 e. The first kappa shape index (κ1) is 12.4. The second-order valence-electron chi connectivity index (χ2n) is 4.78. The summed E-state index contributed by atoms with van der Waals surface area (Å²) in [6, 6.07) is 22.6. The Hall–Kier alpha value is -2.63. The normalized spacial score (nSPS) is 10.2. The van der Waals surface area contributed by atoms with Crippen molar-refractivity contribution in [3.05, 3.63) is 83.4 Å². The van der Waals surface area contributed by atoms with E-state index in [4.69, 9.17) is 0 Å². The summed E-state index contributed by atoms with van der Waals surface area (Å²) in [6.45, 7) is 0. The summed E-state index contributed by atoms with van der Waals surface area (Å²) >= 11 is 0. The van der Waals surface area contributed by atoms with E-state index in [1.807, 2.05) is 48.4 Å². The highest BCUT2D eigenvalue weighted by atomic mass is 16.1. The van der Waals surface area contributed by atoms with E-state index in [0.717, 1.165) is 12.0 Å². The molecule has 1 nitrogen and oxygen atoms in total. The van der Waals surface area contributed by atoms with Gasteiger partial charge in [-0.25, -0.2) is 4.79 Å². The molecule has 1 heteroatoms. The zero-order valence-electron chi connectivity index (χ0n) is 11.0. The first-order chi connectivity index (χ1) is 9.88. The molecule has 20 heavy (non-hydrogen) atoms. The van der Waals surface area contributed by atoms with E-state index in [0.29, 0.717) is 0 Å². The van der Waals surface area contributed by atoms with Crippen molar-refractivity contribution in [3.63, 3.8) is 0 Å². The van der Waals surface area contributed by atoms with Crippen molar-refractivity contribution in [2.75, 3.05) is 0 Å². The fourth-order valence-electron chi connectivity index (χ4n) is 2.55. The third-order valence-corrected chi connectivity index (χ3v) is 3.51. The van der Waals surface area contributed by atoms with E-state index < -0.39 is 0 Å². The van der Waals surface area contributed by atoms with Crippen molar-refractivity contribution in [2.45, 2.75) is 6.42 Å². The SMILES string of the molecule is O=C=Cc1ccc2ccccc2c1Cc1ccccc1. The van der Waals surface area contributed by atoms with Gasteiger partial charge in [0.25, 0.3) is 0 Å². The number of fused-ring (bicyclic) bond motifs is 1. The molecule has 3 aromatic carbocycles. The number of rotatable bonds is 3. The summed E-state index contributed by atoms with van der Waals surface area (Å²) in [5.74, 6) is 1.90. The Morgan fingerprint density at radius 2 is 1.60 bits per heavy atom. The highest BCUT2D eigenvalue weighted by Crippen LogP contribution is 2.25. The van der Waals surface area contributed by atoms with Crippen LogP contribution in [-0.2, 0) is 11.2 Å². The predicted octanol–water partition coefficient (Wildman–Crippen LogP) is 4.28. The molecule has 0 aliphatic carbocycles.